The van der Waals surface area contributed by atoms with E-state index in [1.807, 2.05) is 40.8 Å². The highest BCUT2D eigenvalue weighted by atomic mass is 16.2. The molecule has 2 aliphatic rings. The Morgan fingerprint density at radius 1 is 1.08 bits per heavy atom. The van der Waals surface area contributed by atoms with Crippen LogP contribution in [0, 0.1) is 0 Å². The summed E-state index contributed by atoms with van der Waals surface area (Å²) in [5.41, 5.74) is 1.02. The number of piperidine rings is 1. The molecule has 0 spiro atoms. The Hall–Kier alpha value is -2.14. The Morgan fingerprint density at radius 2 is 1.81 bits per heavy atom. The molecular weight excluding hydrogens is 326 g/mol. The van der Waals surface area contributed by atoms with Crippen molar-refractivity contribution < 1.29 is 4.79 Å². The number of benzene rings is 1. The van der Waals surface area contributed by atoms with Crippen molar-refractivity contribution in [1.29, 1.82) is 0 Å². The van der Waals surface area contributed by atoms with Crippen molar-refractivity contribution in [3.63, 3.8) is 0 Å². The lowest BCUT2D eigenvalue weighted by atomic mass is 10.00. The van der Waals surface area contributed by atoms with Crippen molar-refractivity contribution in [3.8, 4) is 0 Å². The molecule has 0 radical (unpaired) electrons. The maximum atomic E-state index is 13.3. The van der Waals surface area contributed by atoms with Crippen LogP contribution in [0.3, 0.4) is 0 Å². The van der Waals surface area contributed by atoms with Gasteiger partial charge in [0.1, 0.15) is 5.56 Å². The summed E-state index contributed by atoms with van der Waals surface area (Å²) in [5, 5.41) is 0.619. The molecule has 2 aliphatic heterocycles. The van der Waals surface area contributed by atoms with Gasteiger partial charge in [-0.2, -0.15) is 0 Å². The first-order valence-corrected chi connectivity index (χ1v) is 9.77. The highest BCUT2D eigenvalue weighted by Gasteiger charge is 2.31. The summed E-state index contributed by atoms with van der Waals surface area (Å²) in [7, 11) is 1.90. The summed E-state index contributed by atoms with van der Waals surface area (Å²) in [5.74, 6) is -0.0970. The van der Waals surface area contributed by atoms with Gasteiger partial charge in [0.25, 0.3) is 5.91 Å². The van der Waals surface area contributed by atoms with Gasteiger partial charge >= 0.3 is 0 Å². The van der Waals surface area contributed by atoms with E-state index >= 15 is 0 Å². The van der Waals surface area contributed by atoms with Crippen LogP contribution in [0.2, 0.25) is 0 Å². The number of hydrogen-bond acceptors (Lipinski definition) is 3. The molecule has 2 saturated heterocycles. The fraction of sp³-hybridized carbons (Fsp3) is 0.524. The summed E-state index contributed by atoms with van der Waals surface area (Å²) in [4.78, 5) is 30.7. The number of carbonyl (C=O) groups is 1. The predicted octanol–water partition coefficient (Wildman–Crippen LogP) is 2.63. The highest BCUT2D eigenvalue weighted by molar-refractivity contribution is 5.97. The molecule has 1 aromatic carbocycles. The molecular formula is C21H27N3O2. The van der Waals surface area contributed by atoms with Gasteiger partial charge in [-0.1, -0.05) is 12.1 Å². The third kappa shape index (κ3) is 3.16. The molecule has 0 bridgehead atoms. The van der Waals surface area contributed by atoms with Crippen molar-refractivity contribution in [2.45, 2.75) is 38.1 Å². The van der Waals surface area contributed by atoms with E-state index in [4.69, 9.17) is 0 Å². The van der Waals surface area contributed by atoms with Crippen LogP contribution < -0.4 is 5.43 Å². The molecule has 1 aromatic heterocycles. The number of hydrogen-bond donors (Lipinski definition) is 0. The lowest BCUT2D eigenvalue weighted by Crippen LogP contribution is -2.50. The van der Waals surface area contributed by atoms with Crippen LogP contribution in [0.1, 0.15) is 42.5 Å². The normalized spacial score (nSPS) is 21.4. The van der Waals surface area contributed by atoms with Crippen LogP contribution >= 0.6 is 0 Å². The zero-order chi connectivity index (χ0) is 18.1. The minimum atomic E-state index is -0.144. The lowest BCUT2D eigenvalue weighted by Gasteiger charge is -2.38. The average Bonchev–Trinajstić information content (AvgIpc) is 3.18. The Bertz CT molecular complexity index is 867. The molecule has 26 heavy (non-hydrogen) atoms. The van der Waals surface area contributed by atoms with Gasteiger partial charge in [-0.25, -0.2) is 0 Å². The number of fused-ring (bicyclic) bond motifs is 1. The first-order chi connectivity index (χ1) is 12.6. The Labute approximate surface area is 154 Å². The Kier molecular flexibility index (Phi) is 4.81. The second-order valence-corrected chi connectivity index (χ2v) is 7.66. The molecule has 4 rings (SSSR count). The molecule has 2 fully saturated rings. The van der Waals surface area contributed by atoms with Gasteiger partial charge in [-0.3, -0.25) is 9.59 Å². The number of aryl methyl sites for hydroxylation is 1. The van der Waals surface area contributed by atoms with Gasteiger partial charge < -0.3 is 14.4 Å². The molecule has 138 valence electrons. The molecule has 3 heterocycles. The molecule has 2 aromatic rings. The summed E-state index contributed by atoms with van der Waals surface area (Å²) in [6, 6.07) is 7.73. The first kappa shape index (κ1) is 17.3. The van der Waals surface area contributed by atoms with Gasteiger partial charge in [0.2, 0.25) is 5.43 Å². The third-order valence-corrected chi connectivity index (χ3v) is 5.88. The summed E-state index contributed by atoms with van der Waals surface area (Å²) < 4.78 is 1.89. The van der Waals surface area contributed by atoms with Gasteiger partial charge in [0.05, 0.1) is 5.52 Å². The summed E-state index contributed by atoms with van der Waals surface area (Å²) in [6.07, 6.45) is 7.45. The van der Waals surface area contributed by atoms with E-state index in [-0.39, 0.29) is 17.4 Å². The Morgan fingerprint density at radius 3 is 2.62 bits per heavy atom. The quantitative estimate of drug-likeness (QED) is 0.852. The van der Waals surface area contributed by atoms with E-state index in [1.54, 1.807) is 6.20 Å². The second-order valence-electron chi connectivity index (χ2n) is 7.66. The summed E-state index contributed by atoms with van der Waals surface area (Å²) in [6.45, 7) is 3.97. The number of likely N-dealkylation sites (tertiary alicyclic amines) is 2. The monoisotopic (exact) mass is 353 g/mol. The molecule has 5 nitrogen and oxygen atoms in total. The average molecular weight is 353 g/mol. The number of pyridine rings is 1. The molecule has 0 aliphatic carbocycles. The van der Waals surface area contributed by atoms with Crippen molar-refractivity contribution in [2.24, 2.45) is 7.05 Å². The zero-order valence-corrected chi connectivity index (χ0v) is 15.5. The van der Waals surface area contributed by atoms with Crippen LogP contribution in [0.15, 0.2) is 35.3 Å². The van der Waals surface area contributed by atoms with Crippen molar-refractivity contribution >= 4 is 16.8 Å². The van der Waals surface area contributed by atoms with Crippen LogP contribution in [0.25, 0.3) is 10.9 Å². The SMILES string of the molecule is Cn1cc(C(=O)N2CCCC[C@H]2CN2CCCC2)c(=O)c2ccccc21. The smallest absolute Gasteiger partial charge is 0.259 e. The van der Waals surface area contributed by atoms with Gasteiger partial charge in [-0.05, 0) is 57.3 Å². The number of carbonyl (C=O) groups excluding carboxylic acids is 1. The van der Waals surface area contributed by atoms with E-state index in [9.17, 15) is 9.59 Å². The maximum absolute atomic E-state index is 13.3. The molecule has 5 heteroatoms. The first-order valence-electron chi connectivity index (χ1n) is 9.77. The number of amides is 1. The molecule has 0 saturated carbocycles. The van der Waals surface area contributed by atoms with Crippen LogP contribution in [0.5, 0.6) is 0 Å². The number of aromatic nitrogens is 1. The lowest BCUT2D eigenvalue weighted by molar-refractivity contribution is 0.0559. The van der Waals surface area contributed by atoms with E-state index in [2.05, 4.69) is 4.90 Å². The minimum absolute atomic E-state index is 0.0970. The van der Waals surface area contributed by atoms with Crippen LogP contribution in [-0.2, 0) is 7.05 Å². The van der Waals surface area contributed by atoms with Crippen LogP contribution in [0.4, 0.5) is 0 Å². The second kappa shape index (κ2) is 7.23. The Balaban J connectivity index is 1.66. The largest absolute Gasteiger partial charge is 0.350 e. The number of rotatable bonds is 3. The molecule has 0 unspecified atom stereocenters. The highest BCUT2D eigenvalue weighted by Crippen LogP contribution is 2.22. The topological polar surface area (TPSA) is 45.6 Å². The molecule has 1 amide bonds. The molecule has 1 atom stereocenters. The van der Waals surface area contributed by atoms with Crippen LogP contribution in [-0.4, -0.2) is 52.5 Å². The van der Waals surface area contributed by atoms with Crippen molar-refractivity contribution in [3.05, 3.63) is 46.2 Å². The summed E-state index contributed by atoms with van der Waals surface area (Å²) >= 11 is 0. The van der Waals surface area contributed by atoms with E-state index < -0.39 is 0 Å². The van der Waals surface area contributed by atoms with Gasteiger partial charge in [0.15, 0.2) is 0 Å². The van der Waals surface area contributed by atoms with Gasteiger partial charge in [0, 0.05) is 37.8 Å². The maximum Gasteiger partial charge on any atom is 0.259 e. The number of nitrogens with zero attached hydrogens (tertiary/aromatic N) is 3. The van der Waals surface area contributed by atoms with Crippen molar-refractivity contribution in [2.75, 3.05) is 26.2 Å². The van der Waals surface area contributed by atoms with E-state index in [0.29, 0.717) is 10.9 Å². The standard InChI is InChI=1S/C21H27N3O2/c1-22-15-18(20(25)17-9-2-3-10-19(17)22)21(26)24-13-5-4-8-16(24)14-23-11-6-7-12-23/h2-3,9-10,15-16H,4-8,11-14H2,1H3/t16-/m0/s1. The van der Waals surface area contributed by atoms with E-state index in [0.717, 1.165) is 51.0 Å². The van der Waals surface area contributed by atoms with E-state index in [1.165, 1.54) is 12.8 Å². The third-order valence-electron chi connectivity index (χ3n) is 5.88. The minimum Gasteiger partial charge on any atom is -0.350 e. The predicted molar refractivity (Wildman–Crippen MR) is 104 cm³/mol. The number of para-hydroxylation sites is 1. The zero-order valence-electron chi connectivity index (χ0n) is 15.5. The molecule has 0 N–H and O–H groups in total. The fourth-order valence-electron chi connectivity index (χ4n) is 4.47. The fourth-order valence-corrected chi connectivity index (χ4v) is 4.47. The van der Waals surface area contributed by atoms with Crippen molar-refractivity contribution in [1.82, 2.24) is 14.4 Å². The van der Waals surface area contributed by atoms with Gasteiger partial charge in [-0.15, -0.1) is 0 Å².